The number of halogens is 4. The highest BCUT2D eigenvalue weighted by molar-refractivity contribution is 14.0. The number of aromatic nitrogens is 2. The molecule has 0 aromatic carbocycles. The maximum absolute atomic E-state index is 12.5. The summed E-state index contributed by atoms with van der Waals surface area (Å²) in [6.45, 7) is 0.304. The van der Waals surface area contributed by atoms with Gasteiger partial charge in [-0.1, -0.05) is 0 Å². The van der Waals surface area contributed by atoms with E-state index in [9.17, 15) is 18.0 Å². The third-order valence-electron chi connectivity index (χ3n) is 3.06. The normalized spacial score (nSPS) is 11.5. The Kier molecular flexibility index (Phi) is 9.41. The van der Waals surface area contributed by atoms with Crippen molar-refractivity contribution in [3.8, 4) is 0 Å². The van der Waals surface area contributed by atoms with Crippen LogP contribution in [0.3, 0.4) is 0 Å². The number of amides is 1. The summed E-state index contributed by atoms with van der Waals surface area (Å²) in [5.41, 5.74) is -0.307. The summed E-state index contributed by atoms with van der Waals surface area (Å²) >= 11 is 0.954. The second-order valence-corrected chi connectivity index (χ2v) is 5.96. The lowest BCUT2D eigenvalue weighted by atomic mass is 10.4. The topological polar surface area (TPSA) is 91.3 Å². The van der Waals surface area contributed by atoms with Crippen molar-refractivity contribution >= 4 is 52.9 Å². The largest absolute Gasteiger partial charge is 0.434 e. The van der Waals surface area contributed by atoms with Gasteiger partial charge in [0.25, 0.3) is 0 Å². The smallest absolute Gasteiger partial charge is 0.356 e. The highest BCUT2D eigenvalue weighted by Crippen LogP contribution is 2.29. The second kappa shape index (κ2) is 11.0. The Morgan fingerprint density at radius 2 is 2.11 bits per heavy atom. The fraction of sp³-hybridized carbons (Fsp3) is 0.333. The van der Waals surface area contributed by atoms with Crippen LogP contribution in [0.25, 0.3) is 0 Å². The second-order valence-electron chi connectivity index (χ2n) is 5.02. The first-order valence-corrected chi connectivity index (χ1v) is 8.42. The Morgan fingerprint density at radius 1 is 1.33 bits per heavy atom. The fourth-order valence-electron chi connectivity index (χ4n) is 1.87. The minimum absolute atomic E-state index is 0. The van der Waals surface area contributed by atoms with E-state index in [1.165, 1.54) is 13.2 Å². The van der Waals surface area contributed by atoms with Gasteiger partial charge in [-0.3, -0.25) is 14.8 Å². The third kappa shape index (κ3) is 8.07. The Labute approximate surface area is 174 Å². The number of hydrogen-bond acceptors (Lipinski definition) is 5. The minimum Gasteiger partial charge on any atom is -0.356 e. The van der Waals surface area contributed by atoms with E-state index < -0.39 is 11.9 Å². The van der Waals surface area contributed by atoms with Crippen molar-refractivity contribution in [2.45, 2.75) is 12.6 Å². The van der Waals surface area contributed by atoms with Gasteiger partial charge in [0.15, 0.2) is 11.7 Å². The van der Waals surface area contributed by atoms with Crippen molar-refractivity contribution in [2.75, 3.05) is 25.5 Å². The van der Waals surface area contributed by atoms with Crippen molar-refractivity contribution in [3.05, 3.63) is 40.6 Å². The van der Waals surface area contributed by atoms with Gasteiger partial charge in [0, 0.05) is 31.6 Å². The standard InChI is InChI=1S/C15H17F3N6OS.HI/c1-19-14(22-8-12(25)23-10-3-2-5-20-7-10)21-6-4-13-24-11(9-26-13)15(16,17)18;/h2-3,5,7,9H,4,6,8H2,1H3,(H,23,25)(H2,19,21,22);1H. The molecule has 0 radical (unpaired) electrons. The highest BCUT2D eigenvalue weighted by atomic mass is 127. The van der Waals surface area contributed by atoms with Crippen molar-refractivity contribution in [1.82, 2.24) is 20.6 Å². The Hall–Kier alpha value is -1.96. The zero-order chi connectivity index (χ0) is 19.0. The van der Waals surface area contributed by atoms with Crippen LogP contribution < -0.4 is 16.0 Å². The number of alkyl halides is 3. The van der Waals surface area contributed by atoms with Crippen molar-refractivity contribution in [2.24, 2.45) is 4.99 Å². The number of hydrogen-bond donors (Lipinski definition) is 3. The number of nitrogens with zero attached hydrogens (tertiary/aromatic N) is 3. The SMILES string of the molecule is CN=C(NCCc1nc(C(F)(F)F)cs1)NCC(=O)Nc1cccnc1.I. The number of nitrogens with one attached hydrogen (secondary N) is 3. The van der Waals surface area contributed by atoms with Crippen molar-refractivity contribution < 1.29 is 18.0 Å². The molecule has 148 valence electrons. The lowest BCUT2D eigenvalue weighted by Crippen LogP contribution is -2.42. The summed E-state index contributed by atoms with van der Waals surface area (Å²) in [6.07, 6.45) is -1.00. The summed E-state index contributed by atoms with van der Waals surface area (Å²) in [5, 5.41) is 9.75. The van der Waals surface area contributed by atoms with Crippen LogP contribution in [0.5, 0.6) is 0 Å². The molecule has 0 unspecified atom stereocenters. The van der Waals surface area contributed by atoms with Crippen LogP contribution in [0.2, 0.25) is 0 Å². The molecule has 0 aliphatic rings. The van der Waals surface area contributed by atoms with Crippen molar-refractivity contribution in [3.63, 3.8) is 0 Å². The van der Waals surface area contributed by atoms with E-state index in [0.717, 1.165) is 16.7 Å². The van der Waals surface area contributed by atoms with E-state index in [-0.39, 0.29) is 36.4 Å². The molecule has 2 aromatic rings. The minimum atomic E-state index is -4.43. The van der Waals surface area contributed by atoms with Crippen LogP contribution in [0.1, 0.15) is 10.7 Å². The molecular formula is C15H18F3IN6OS. The molecule has 0 spiro atoms. The number of guanidine groups is 1. The number of aliphatic imine (C=N–C) groups is 1. The number of pyridine rings is 1. The predicted molar refractivity (Wildman–Crippen MR) is 108 cm³/mol. The Morgan fingerprint density at radius 3 is 2.70 bits per heavy atom. The fourth-order valence-corrected chi connectivity index (χ4v) is 2.68. The van der Waals surface area contributed by atoms with E-state index in [1.54, 1.807) is 18.3 Å². The molecule has 0 saturated carbocycles. The van der Waals surface area contributed by atoms with Gasteiger partial charge in [0.05, 0.1) is 23.4 Å². The van der Waals surface area contributed by atoms with Crippen LogP contribution in [-0.2, 0) is 17.4 Å². The van der Waals surface area contributed by atoms with E-state index in [1.807, 2.05) is 0 Å². The van der Waals surface area contributed by atoms with E-state index >= 15 is 0 Å². The van der Waals surface area contributed by atoms with Crippen LogP contribution in [0, 0.1) is 0 Å². The van der Waals surface area contributed by atoms with Gasteiger partial charge < -0.3 is 16.0 Å². The van der Waals surface area contributed by atoms with Gasteiger partial charge in [-0.25, -0.2) is 4.98 Å². The lowest BCUT2D eigenvalue weighted by molar-refractivity contribution is -0.140. The number of anilines is 1. The molecule has 0 saturated heterocycles. The van der Waals surface area contributed by atoms with Crippen LogP contribution in [-0.4, -0.2) is 42.0 Å². The lowest BCUT2D eigenvalue weighted by Gasteiger charge is -2.11. The first-order chi connectivity index (χ1) is 12.4. The molecule has 0 bridgehead atoms. The number of rotatable bonds is 6. The highest BCUT2D eigenvalue weighted by Gasteiger charge is 2.33. The zero-order valence-corrected chi connectivity index (χ0v) is 17.4. The van der Waals surface area contributed by atoms with Gasteiger partial charge in [-0.05, 0) is 12.1 Å². The summed E-state index contributed by atoms with van der Waals surface area (Å²) in [7, 11) is 1.53. The average molecular weight is 514 g/mol. The third-order valence-corrected chi connectivity index (χ3v) is 3.97. The van der Waals surface area contributed by atoms with Crippen LogP contribution in [0.4, 0.5) is 18.9 Å². The van der Waals surface area contributed by atoms with E-state index in [2.05, 4.69) is 30.9 Å². The molecule has 2 heterocycles. The van der Waals surface area contributed by atoms with Crippen LogP contribution in [0.15, 0.2) is 34.9 Å². The monoisotopic (exact) mass is 514 g/mol. The quantitative estimate of drug-likeness (QED) is 0.313. The van der Waals surface area contributed by atoms with Crippen molar-refractivity contribution in [1.29, 1.82) is 0 Å². The Bertz CT molecular complexity index is 754. The molecule has 0 fully saturated rings. The number of carbonyl (C=O) groups excluding carboxylic acids is 1. The molecular weight excluding hydrogens is 496 g/mol. The zero-order valence-electron chi connectivity index (χ0n) is 14.2. The molecule has 2 rings (SSSR count). The van der Waals surface area contributed by atoms with Gasteiger partial charge >= 0.3 is 6.18 Å². The molecule has 0 aliphatic heterocycles. The number of thiazole rings is 1. The first-order valence-electron chi connectivity index (χ1n) is 7.54. The summed E-state index contributed by atoms with van der Waals surface area (Å²) in [6, 6.07) is 3.41. The first kappa shape index (κ1) is 23.1. The molecule has 3 N–H and O–H groups in total. The van der Waals surface area contributed by atoms with Gasteiger partial charge in [0.2, 0.25) is 5.91 Å². The molecule has 2 aromatic heterocycles. The van der Waals surface area contributed by atoms with E-state index in [0.29, 0.717) is 29.6 Å². The average Bonchev–Trinajstić information content (AvgIpc) is 3.08. The van der Waals surface area contributed by atoms with Gasteiger partial charge in [-0.15, -0.1) is 35.3 Å². The Balaban J connectivity index is 0.00000364. The van der Waals surface area contributed by atoms with E-state index in [4.69, 9.17) is 0 Å². The molecule has 7 nitrogen and oxygen atoms in total. The molecule has 1 amide bonds. The van der Waals surface area contributed by atoms with Gasteiger partial charge in [-0.2, -0.15) is 13.2 Å². The van der Waals surface area contributed by atoms with Gasteiger partial charge in [0.1, 0.15) is 0 Å². The number of carbonyl (C=O) groups is 1. The molecule has 0 atom stereocenters. The van der Waals surface area contributed by atoms with Crippen LogP contribution >= 0.6 is 35.3 Å². The molecule has 12 heteroatoms. The predicted octanol–water partition coefficient (Wildman–Crippen LogP) is 2.52. The summed E-state index contributed by atoms with van der Waals surface area (Å²) < 4.78 is 37.5. The maximum Gasteiger partial charge on any atom is 0.434 e. The molecule has 27 heavy (non-hydrogen) atoms. The maximum atomic E-state index is 12.5. The summed E-state index contributed by atoms with van der Waals surface area (Å²) in [5.74, 6) is 0.0784. The molecule has 0 aliphatic carbocycles. The summed E-state index contributed by atoms with van der Waals surface area (Å²) in [4.78, 5) is 23.2.